The van der Waals surface area contributed by atoms with Crippen molar-refractivity contribution in [3.8, 4) is 0 Å². The summed E-state index contributed by atoms with van der Waals surface area (Å²) in [5.74, 6) is 0.364. The Morgan fingerprint density at radius 3 is 2.87 bits per heavy atom. The second-order valence-electron chi connectivity index (χ2n) is 8.07. The summed E-state index contributed by atoms with van der Waals surface area (Å²) in [6.07, 6.45) is 3.81. The number of amides is 1. The van der Waals surface area contributed by atoms with Gasteiger partial charge in [0.2, 0.25) is 0 Å². The first-order valence-corrected chi connectivity index (χ1v) is 10.7. The number of rotatable bonds is 7. The van der Waals surface area contributed by atoms with Crippen LogP contribution < -0.4 is 16.0 Å². The van der Waals surface area contributed by atoms with Crippen LogP contribution in [0.4, 0.5) is 5.82 Å². The average molecular weight is 411 g/mol. The van der Waals surface area contributed by atoms with Gasteiger partial charge in [0.15, 0.2) is 0 Å². The summed E-state index contributed by atoms with van der Waals surface area (Å²) in [7, 11) is 0. The molecule has 2 aliphatic rings. The van der Waals surface area contributed by atoms with Crippen molar-refractivity contribution >= 4 is 11.7 Å². The standard InChI is InChI=1S/C22H30N6O2/c29-19(14-28-10-7-16-3-1-2-4-17(16)13-28)12-24-22(30)20-11-21(26-15-25-20)27-18-5-8-23-9-6-18/h1-4,11,15,18-19,23,29H,5-10,12-14H2,(H,24,30)(H,25,26,27). The highest BCUT2D eigenvalue weighted by atomic mass is 16.3. The number of carbonyl (C=O) groups is 1. The van der Waals surface area contributed by atoms with Crippen LogP contribution in [0, 0.1) is 0 Å². The number of aliphatic hydroxyl groups excluding tert-OH is 1. The lowest BCUT2D eigenvalue weighted by Crippen LogP contribution is -2.42. The fraction of sp³-hybridized carbons (Fsp3) is 0.500. The normalized spacial score (nSPS) is 18.4. The van der Waals surface area contributed by atoms with Gasteiger partial charge in [-0.15, -0.1) is 0 Å². The van der Waals surface area contributed by atoms with Crippen molar-refractivity contribution in [1.82, 2.24) is 25.5 Å². The third-order valence-corrected chi connectivity index (χ3v) is 5.77. The van der Waals surface area contributed by atoms with Crippen molar-refractivity contribution in [2.45, 2.75) is 38.0 Å². The molecular formula is C22H30N6O2. The number of piperidine rings is 1. The molecule has 30 heavy (non-hydrogen) atoms. The minimum Gasteiger partial charge on any atom is -0.390 e. The van der Waals surface area contributed by atoms with Crippen molar-refractivity contribution in [3.63, 3.8) is 0 Å². The van der Waals surface area contributed by atoms with Crippen molar-refractivity contribution in [1.29, 1.82) is 0 Å². The fourth-order valence-corrected chi connectivity index (χ4v) is 4.11. The summed E-state index contributed by atoms with van der Waals surface area (Å²) < 4.78 is 0. The van der Waals surface area contributed by atoms with Crippen LogP contribution in [0.2, 0.25) is 0 Å². The largest absolute Gasteiger partial charge is 0.390 e. The topological polar surface area (TPSA) is 102 Å². The van der Waals surface area contributed by atoms with E-state index in [0.29, 0.717) is 24.1 Å². The highest BCUT2D eigenvalue weighted by Gasteiger charge is 2.19. The first kappa shape index (κ1) is 20.7. The van der Waals surface area contributed by atoms with Gasteiger partial charge < -0.3 is 21.1 Å². The summed E-state index contributed by atoms with van der Waals surface area (Å²) in [6, 6.07) is 10.5. The number of nitrogens with one attached hydrogen (secondary N) is 3. The van der Waals surface area contributed by atoms with Gasteiger partial charge in [-0.25, -0.2) is 9.97 Å². The minimum atomic E-state index is -0.631. The van der Waals surface area contributed by atoms with Crippen LogP contribution in [0.3, 0.4) is 0 Å². The number of aliphatic hydroxyl groups is 1. The van der Waals surface area contributed by atoms with Crippen LogP contribution >= 0.6 is 0 Å². The lowest BCUT2D eigenvalue weighted by Gasteiger charge is -2.30. The number of aromatic nitrogens is 2. The minimum absolute atomic E-state index is 0.192. The number of hydrogen-bond acceptors (Lipinski definition) is 7. The molecule has 0 radical (unpaired) electrons. The number of hydrogen-bond donors (Lipinski definition) is 4. The summed E-state index contributed by atoms with van der Waals surface area (Å²) in [5, 5.41) is 19.9. The number of fused-ring (bicyclic) bond motifs is 1. The molecule has 1 unspecified atom stereocenters. The first-order chi connectivity index (χ1) is 14.7. The van der Waals surface area contributed by atoms with Gasteiger partial charge in [0.25, 0.3) is 5.91 Å². The molecule has 1 aromatic heterocycles. The summed E-state index contributed by atoms with van der Waals surface area (Å²) >= 11 is 0. The molecule has 160 valence electrons. The van der Waals surface area contributed by atoms with Crippen LogP contribution in [-0.4, -0.2) is 70.8 Å². The number of benzene rings is 1. The lowest BCUT2D eigenvalue weighted by atomic mass is 10.00. The van der Waals surface area contributed by atoms with Gasteiger partial charge in [-0.1, -0.05) is 24.3 Å². The van der Waals surface area contributed by atoms with Gasteiger partial charge in [0.1, 0.15) is 17.8 Å². The van der Waals surface area contributed by atoms with E-state index in [1.54, 1.807) is 6.07 Å². The van der Waals surface area contributed by atoms with Gasteiger partial charge in [-0.3, -0.25) is 9.69 Å². The lowest BCUT2D eigenvalue weighted by molar-refractivity contribution is 0.0838. The Bertz CT molecular complexity index is 855. The molecule has 1 fully saturated rings. The van der Waals surface area contributed by atoms with Gasteiger partial charge in [-0.05, 0) is 43.5 Å². The third kappa shape index (κ3) is 5.53. The Balaban J connectivity index is 1.24. The monoisotopic (exact) mass is 410 g/mol. The molecule has 1 atom stereocenters. The molecule has 0 aliphatic carbocycles. The predicted octanol–water partition coefficient (Wildman–Crippen LogP) is 0.789. The zero-order valence-electron chi connectivity index (χ0n) is 17.2. The van der Waals surface area contributed by atoms with E-state index in [1.165, 1.54) is 17.5 Å². The molecule has 4 N–H and O–H groups in total. The molecular weight excluding hydrogens is 380 g/mol. The van der Waals surface area contributed by atoms with Crippen LogP contribution in [0.25, 0.3) is 0 Å². The van der Waals surface area contributed by atoms with E-state index < -0.39 is 6.10 Å². The Hall–Kier alpha value is -2.55. The summed E-state index contributed by atoms with van der Waals surface area (Å²) in [5.41, 5.74) is 3.00. The Morgan fingerprint density at radius 1 is 1.23 bits per heavy atom. The van der Waals surface area contributed by atoms with Gasteiger partial charge in [-0.2, -0.15) is 0 Å². The SMILES string of the molecule is O=C(NCC(O)CN1CCc2ccccc2C1)c1cc(NC2CCNCC2)ncn1. The van der Waals surface area contributed by atoms with Crippen molar-refractivity contribution in [3.05, 3.63) is 53.5 Å². The van der Waals surface area contributed by atoms with Crippen LogP contribution in [0.5, 0.6) is 0 Å². The quantitative estimate of drug-likeness (QED) is 0.535. The third-order valence-electron chi connectivity index (χ3n) is 5.77. The maximum atomic E-state index is 12.5. The van der Waals surface area contributed by atoms with E-state index in [2.05, 4.69) is 55.1 Å². The second-order valence-corrected chi connectivity index (χ2v) is 8.07. The zero-order chi connectivity index (χ0) is 20.8. The van der Waals surface area contributed by atoms with Gasteiger partial charge in [0, 0.05) is 38.3 Å². The molecule has 0 spiro atoms. The second kappa shape index (κ2) is 9.97. The van der Waals surface area contributed by atoms with Crippen LogP contribution in [-0.2, 0) is 13.0 Å². The molecule has 0 bridgehead atoms. The molecule has 3 heterocycles. The van der Waals surface area contributed by atoms with E-state index in [1.807, 2.05) is 0 Å². The average Bonchev–Trinajstić information content (AvgIpc) is 2.78. The highest BCUT2D eigenvalue weighted by molar-refractivity contribution is 5.92. The van der Waals surface area contributed by atoms with E-state index in [9.17, 15) is 9.90 Å². The molecule has 2 aliphatic heterocycles. The molecule has 4 rings (SSSR count). The van der Waals surface area contributed by atoms with Crippen molar-refractivity contribution in [2.75, 3.05) is 38.0 Å². The molecule has 1 saturated heterocycles. The maximum absolute atomic E-state index is 12.5. The molecule has 1 amide bonds. The zero-order valence-corrected chi connectivity index (χ0v) is 17.2. The highest BCUT2D eigenvalue weighted by Crippen LogP contribution is 2.18. The first-order valence-electron chi connectivity index (χ1n) is 10.7. The van der Waals surface area contributed by atoms with E-state index in [0.717, 1.165) is 45.4 Å². The predicted molar refractivity (Wildman–Crippen MR) is 115 cm³/mol. The van der Waals surface area contributed by atoms with Crippen LogP contribution in [0.15, 0.2) is 36.7 Å². The number of β-amino-alcohol motifs (C(OH)–C–C–N with tert-alkyl or cyclic N) is 1. The Labute approximate surface area is 177 Å². The van der Waals surface area contributed by atoms with Crippen LogP contribution in [0.1, 0.15) is 34.5 Å². The molecule has 2 aromatic rings. The maximum Gasteiger partial charge on any atom is 0.270 e. The van der Waals surface area contributed by atoms with Gasteiger partial charge in [0.05, 0.1) is 6.10 Å². The Morgan fingerprint density at radius 2 is 2.03 bits per heavy atom. The van der Waals surface area contributed by atoms with E-state index in [-0.39, 0.29) is 12.5 Å². The van der Waals surface area contributed by atoms with Crippen molar-refractivity contribution < 1.29 is 9.90 Å². The molecule has 8 nitrogen and oxygen atoms in total. The summed E-state index contributed by atoms with van der Waals surface area (Å²) in [6.45, 7) is 4.44. The number of carbonyl (C=O) groups excluding carboxylic acids is 1. The van der Waals surface area contributed by atoms with Crippen molar-refractivity contribution in [2.24, 2.45) is 0 Å². The fourth-order valence-electron chi connectivity index (χ4n) is 4.11. The smallest absolute Gasteiger partial charge is 0.270 e. The molecule has 8 heteroatoms. The number of nitrogens with zero attached hydrogens (tertiary/aromatic N) is 3. The number of anilines is 1. The van der Waals surface area contributed by atoms with E-state index in [4.69, 9.17) is 0 Å². The van der Waals surface area contributed by atoms with E-state index >= 15 is 0 Å². The molecule has 1 aromatic carbocycles. The van der Waals surface area contributed by atoms with Gasteiger partial charge >= 0.3 is 0 Å². The Kier molecular flexibility index (Phi) is 6.88. The summed E-state index contributed by atoms with van der Waals surface area (Å²) in [4.78, 5) is 23.0. The molecule has 0 saturated carbocycles.